The van der Waals surface area contributed by atoms with Gasteiger partial charge in [-0.05, 0) is 31.5 Å². The van der Waals surface area contributed by atoms with Crippen LogP contribution in [0.15, 0.2) is 30.3 Å². The molecule has 8 nitrogen and oxygen atoms in total. The van der Waals surface area contributed by atoms with Gasteiger partial charge in [-0.25, -0.2) is 10.4 Å². The van der Waals surface area contributed by atoms with Gasteiger partial charge in [-0.3, -0.25) is 14.5 Å². The molecule has 4 atom stereocenters. The fraction of sp³-hybridized carbons (Fsp3) is 0.667. The Kier molecular flexibility index (Phi) is 6.46. The zero-order chi connectivity index (χ0) is 22.1. The molecule has 8 heteroatoms. The summed E-state index contributed by atoms with van der Waals surface area (Å²) in [6.45, 7) is 9.53. The van der Waals surface area contributed by atoms with Crippen LogP contribution in [0.4, 0.5) is 5.69 Å². The lowest BCUT2D eigenvalue weighted by Crippen LogP contribution is -2.60. The third-order valence-corrected chi connectivity index (χ3v) is 7.54. The highest BCUT2D eigenvalue weighted by Crippen LogP contribution is 2.33. The van der Waals surface area contributed by atoms with Gasteiger partial charge in [-0.1, -0.05) is 25.1 Å². The normalized spacial score (nSPS) is 31.8. The van der Waals surface area contributed by atoms with Crippen molar-refractivity contribution < 1.29 is 14.3 Å². The van der Waals surface area contributed by atoms with E-state index >= 15 is 0 Å². The van der Waals surface area contributed by atoms with E-state index in [-0.39, 0.29) is 35.8 Å². The number of likely N-dealkylation sites (tertiary alicyclic amines) is 1. The number of hydrazine groups is 1. The van der Waals surface area contributed by atoms with E-state index in [1.807, 2.05) is 35.2 Å². The minimum absolute atomic E-state index is 0.0619. The minimum Gasteiger partial charge on any atom is -0.377 e. The summed E-state index contributed by atoms with van der Waals surface area (Å²) in [6, 6.07) is 9.53. The molecule has 4 fully saturated rings. The van der Waals surface area contributed by atoms with Gasteiger partial charge < -0.3 is 14.5 Å². The summed E-state index contributed by atoms with van der Waals surface area (Å²) in [5.41, 5.74) is 4.26. The highest BCUT2D eigenvalue weighted by atomic mass is 16.5. The smallest absolute Gasteiger partial charge is 0.247 e. The molecule has 1 aromatic carbocycles. The molecular formula is C24H35N5O3. The Labute approximate surface area is 190 Å². The number of amides is 2. The second kappa shape index (κ2) is 9.47. The number of benzene rings is 1. The lowest BCUT2D eigenvalue weighted by Gasteiger charge is -2.42. The van der Waals surface area contributed by atoms with Gasteiger partial charge in [0, 0.05) is 52.4 Å². The van der Waals surface area contributed by atoms with E-state index in [9.17, 15) is 9.59 Å². The second-order valence-corrected chi connectivity index (χ2v) is 9.49. The number of fused-ring (bicyclic) bond motifs is 1. The summed E-state index contributed by atoms with van der Waals surface area (Å²) in [7, 11) is 0. The monoisotopic (exact) mass is 441 g/mol. The summed E-state index contributed by atoms with van der Waals surface area (Å²) >= 11 is 0. The molecule has 4 unspecified atom stereocenters. The number of ether oxygens (including phenoxy) is 1. The van der Waals surface area contributed by atoms with Crippen LogP contribution in [0.1, 0.15) is 19.8 Å². The van der Waals surface area contributed by atoms with Gasteiger partial charge in [0.15, 0.2) is 0 Å². The number of piperazine rings is 1. The molecule has 4 aliphatic rings. The highest BCUT2D eigenvalue weighted by Gasteiger charge is 2.51. The lowest BCUT2D eigenvalue weighted by molar-refractivity contribution is -0.141. The molecule has 4 heterocycles. The predicted molar refractivity (Wildman–Crippen MR) is 122 cm³/mol. The number of piperidine rings is 1. The van der Waals surface area contributed by atoms with Crippen molar-refractivity contribution >= 4 is 17.5 Å². The summed E-state index contributed by atoms with van der Waals surface area (Å²) in [5, 5.41) is 1.67. The van der Waals surface area contributed by atoms with Crippen molar-refractivity contribution in [3.63, 3.8) is 0 Å². The average molecular weight is 442 g/mol. The molecule has 5 rings (SSSR count). The third-order valence-electron chi connectivity index (χ3n) is 7.54. The fourth-order valence-electron chi connectivity index (χ4n) is 5.68. The lowest BCUT2D eigenvalue weighted by atomic mass is 9.83. The van der Waals surface area contributed by atoms with Crippen molar-refractivity contribution in [3.8, 4) is 0 Å². The Bertz CT molecular complexity index is 807. The number of hydrogen-bond donors (Lipinski definition) is 1. The standard InChI is InChI=1S/C24H35N5O3/c1-2-26-10-12-28(13-11-26)23(30)20-16-27(15-19-9-6-14-32-19)17-21-22(20)25-29(24(21)31)18-7-4-3-5-8-18/h3-5,7-8,19-22,25H,2,6,9-17H2,1H3. The molecular weight excluding hydrogens is 406 g/mol. The molecule has 32 heavy (non-hydrogen) atoms. The Balaban J connectivity index is 1.36. The van der Waals surface area contributed by atoms with E-state index < -0.39 is 0 Å². The maximum Gasteiger partial charge on any atom is 0.247 e. The second-order valence-electron chi connectivity index (χ2n) is 9.49. The zero-order valence-corrected chi connectivity index (χ0v) is 19.0. The van der Waals surface area contributed by atoms with Gasteiger partial charge in [0.1, 0.15) is 0 Å². The molecule has 0 spiro atoms. The van der Waals surface area contributed by atoms with Crippen LogP contribution in [0.2, 0.25) is 0 Å². The number of nitrogens with one attached hydrogen (secondary N) is 1. The number of nitrogens with zero attached hydrogens (tertiary/aromatic N) is 4. The Morgan fingerprint density at radius 1 is 1.09 bits per heavy atom. The van der Waals surface area contributed by atoms with Crippen LogP contribution in [-0.2, 0) is 14.3 Å². The molecule has 4 saturated heterocycles. The predicted octanol–water partition coefficient (Wildman–Crippen LogP) is 0.798. The largest absolute Gasteiger partial charge is 0.377 e. The van der Waals surface area contributed by atoms with E-state index in [2.05, 4.69) is 22.1 Å². The van der Waals surface area contributed by atoms with Crippen molar-refractivity contribution in [1.82, 2.24) is 20.1 Å². The maximum absolute atomic E-state index is 13.7. The first-order valence-electron chi connectivity index (χ1n) is 12.1. The molecule has 174 valence electrons. The van der Waals surface area contributed by atoms with Crippen molar-refractivity contribution in [2.75, 3.05) is 64.0 Å². The molecule has 0 aromatic heterocycles. The van der Waals surface area contributed by atoms with Crippen molar-refractivity contribution in [1.29, 1.82) is 0 Å². The molecule has 0 radical (unpaired) electrons. The van der Waals surface area contributed by atoms with E-state index in [0.717, 1.165) is 64.4 Å². The van der Waals surface area contributed by atoms with Crippen molar-refractivity contribution in [2.45, 2.75) is 31.9 Å². The van der Waals surface area contributed by atoms with E-state index in [4.69, 9.17) is 4.74 Å². The number of anilines is 1. The SMILES string of the molecule is CCN1CCN(C(=O)C2CN(CC3CCCO3)CC3C(=O)N(c4ccccc4)NC23)CC1. The maximum atomic E-state index is 13.7. The van der Waals surface area contributed by atoms with Crippen molar-refractivity contribution in [3.05, 3.63) is 30.3 Å². The van der Waals surface area contributed by atoms with E-state index in [1.165, 1.54) is 0 Å². The highest BCUT2D eigenvalue weighted by molar-refractivity contribution is 5.98. The number of para-hydroxylation sites is 1. The van der Waals surface area contributed by atoms with Crippen LogP contribution in [0.3, 0.4) is 0 Å². The molecule has 2 amide bonds. The number of carbonyl (C=O) groups excluding carboxylic acids is 2. The van der Waals surface area contributed by atoms with Crippen LogP contribution in [0, 0.1) is 11.8 Å². The first-order chi connectivity index (χ1) is 15.6. The summed E-state index contributed by atoms with van der Waals surface area (Å²) in [6.07, 6.45) is 2.37. The fourth-order valence-corrected chi connectivity index (χ4v) is 5.68. The first-order valence-corrected chi connectivity index (χ1v) is 12.1. The van der Waals surface area contributed by atoms with Gasteiger partial charge >= 0.3 is 0 Å². The van der Waals surface area contributed by atoms with Crippen molar-refractivity contribution in [2.24, 2.45) is 11.8 Å². The molecule has 1 N–H and O–H groups in total. The Hall–Kier alpha value is -2.00. The minimum atomic E-state index is -0.235. The number of rotatable bonds is 5. The third kappa shape index (κ3) is 4.29. The number of hydrogen-bond acceptors (Lipinski definition) is 6. The Morgan fingerprint density at radius 2 is 1.88 bits per heavy atom. The van der Waals surface area contributed by atoms with Crippen LogP contribution >= 0.6 is 0 Å². The molecule has 0 saturated carbocycles. The van der Waals surface area contributed by atoms with E-state index in [0.29, 0.717) is 13.1 Å². The summed E-state index contributed by atoms with van der Waals surface area (Å²) in [4.78, 5) is 33.8. The van der Waals surface area contributed by atoms with Crippen LogP contribution in [-0.4, -0.2) is 97.6 Å². The van der Waals surface area contributed by atoms with Crippen LogP contribution < -0.4 is 10.4 Å². The van der Waals surface area contributed by atoms with Gasteiger partial charge in [-0.15, -0.1) is 0 Å². The molecule has 0 aliphatic carbocycles. The zero-order valence-electron chi connectivity index (χ0n) is 19.0. The van der Waals surface area contributed by atoms with Crippen LogP contribution in [0.5, 0.6) is 0 Å². The van der Waals surface area contributed by atoms with Gasteiger partial charge in [0.2, 0.25) is 11.8 Å². The van der Waals surface area contributed by atoms with Crippen LogP contribution in [0.25, 0.3) is 0 Å². The molecule has 0 bridgehead atoms. The topological polar surface area (TPSA) is 68.4 Å². The van der Waals surface area contributed by atoms with Gasteiger partial charge in [-0.2, -0.15) is 0 Å². The van der Waals surface area contributed by atoms with E-state index in [1.54, 1.807) is 5.01 Å². The molecule has 1 aromatic rings. The quantitative estimate of drug-likeness (QED) is 0.729. The van der Waals surface area contributed by atoms with Gasteiger partial charge in [0.05, 0.1) is 29.7 Å². The number of likely N-dealkylation sites (N-methyl/N-ethyl adjacent to an activating group) is 1. The summed E-state index contributed by atoms with van der Waals surface area (Å²) < 4.78 is 5.87. The first kappa shape index (κ1) is 21.8. The van der Waals surface area contributed by atoms with Gasteiger partial charge in [0.25, 0.3) is 0 Å². The molecule has 4 aliphatic heterocycles. The average Bonchev–Trinajstić information content (AvgIpc) is 3.47. The number of carbonyl (C=O) groups is 2. The Morgan fingerprint density at radius 3 is 2.56 bits per heavy atom. The summed E-state index contributed by atoms with van der Waals surface area (Å²) in [5.74, 6) is -0.216.